The maximum Gasteiger partial charge on any atom is 0.0924 e. The minimum Gasteiger partial charge on any atom is -0.345 e. The van der Waals surface area contributed by atoms with E-state index >= 15 is 0 Å². The molecule has 0 unspecified atom stereocenters. The fraction of sp³-hybridized carbons (Fsp3) is 0.667. The van der Waals surface area contributed by atoms with Crippen molar-refractivity contribution in [1.29, 1.82) is 0 Å². The second-order valence-electron chi connectivity index (χ2n) is 5.64. The lowest BCUT2D eigenvalue weighted by Gasteiger charge is -2.37. The van der Waals surface area contributed by atoms with E-state index in [0.717, 1.165) is 11.7 Å². The van der Waals surface area contributed by atoms with Crippen LogP contribution in [0, 0.1) is 0 Å². The Labute approximate surface area is 142 Å². The molecule has 0 atom stereocenters. The summed E-state index contributed by atoms with van der Waals surface area (Å²) >= 11 is 0. The van der Waals surface area contributed by atoms with Gasteiger partial charge < -0.3 is 4.98 Å². The number of aromatic nitrogens is 2. The first kappa shape index (κ1) is 17.9. The van der Waals surface area contributed by atoms with E-state index in [0.29, 0.717) is 0 Å². The van der Waals surface area contributed by atoms with Crippen LogP contribution in [0.1, 0.15) is 50.6 Å². The number of nitrogens with one attached hydrogen (secondary N) is 1. The Kier molecular flexibility index (Phi) is 8.07. The number of piperidine rings is 1. The van der Waals surface area contributed by atoms with Crippen LogP contribution in [-0.4, -0.2) is 34.0 Å². The largest absolute Gasteiger partial charge is 0.345 e. The van der Waals surface area contributed by atoms with Crippen molar-refractivity contribution in [3.05, 3.63) is 23.8 Å². The van der Waals surface area contributed by atoms with Crippen molar-refractivity contribution < 1.29 is 0 Å². The molecule has 0 radical (unpaired) electrons. The maximum absolute atomic E-state index is 4.07. The molecule has 1 aliphatic carbocycles. The third kappa shape index (κ3) is 4.71. The van der Waals surface area contributed by atoms with Crippen molar-refractivity contribution in [2.75, 3.05) is 13.1 Å². The van der Waals surface area contributed by atoms with Gasteiger partial charge in [-0.3, -0.25) is 4.90 Å². The van der Waals surface area contributed by atoms with Gasteiger partial charge in [-0.1, -0.05) is 24.8 Å². The van der Waals surface area contributed by atoms with Gasteiger partial charge in [-0.2, -0.15) is 0 Å². The van der Waals surface area contributed by atoms with Crippen molar-refractivity contribution in [2.24, 2.45) is 0 Å². The molecule has 3 rings (SSSR count). The molecule has 0 aromatic carbocycles. The molecular weight excluding hydrogens is 382 g/mol. The Morgan fingerprint density at radius 1 is 1.10 bits per heavy atom. The summed E-state index contributed by atoms with van der Waals surface area (Å²) in [5.41, 5.74) is 2.72. The summed E-state index contributed by atoms with van der Waals surface area (Å²) in [5.74, 6) is 0. The molecule has 1 aromatic heterocycles. The lowest BCUT2D eigenvalue weighted by atomic mass is 9.92. The molecule has 2 aliphatic rings. The molecule has 1 saturated heterocycles. The average molecular weight is 407 g/mol. The Morgan fingerprint density at radius 3 is 2.40 bits per heavy atom. The van der Waals surface area contributed by atoms with Gasteiger partial charge in [-0.05, 0) is 31.8 Å². The van der Waals surface area contributed by atoms with Crippen molar-refractivity contribution in [3.63, 3.8) is 0 Å². The van der Waals surface area contributed by atoms with Gasteiger partial charge in [0.05, 0.1) is 18.2 Å². The standard InChI is InChI=1S/C15H23N3.2BrH/c1-2-4-15(5-3-1)18-8-6-13(7-9-18)10-14-11-16-12-17-14;;/h10-12,15H,1-9H2,(H,16,17);2*1H. The molecule has 3 nitrogen and oxygen atoms in total. The monoisotopic (exact) mass is 405 g/mol. The third-order valence-corrected chi connectivity index (χ3v) is 4.41. The van der Waals surface area contributed by atoms with E-state index < -0.39 is 0 Å². The number of hydrogen-bond donors (Lipinski definition) is 1. The van der Waals surface area contributed by atoms with E-state index in [1.54, 1.807) is 11.9 Å². The smallest absolute Gasteiger partial charge is 0.0924 e. The first-order valence-electron chi connectivity index (χ1n) is 7.34. The van der Waals surface area contributed by atoms with Crippen LogP contribution in [-0.2, 0) is 0 Å². The highest BCUT2D eigenvalue weighted by molar-refractivity contribution is 8.93. The Hall–Kier alpha value is -0.130. The fourth-order valence-electron chi connectivity index (χ4n) is 3.33. The number of nitrogens with zero attached hydrogens (tertiary/aromatic N) is 2. The molecule has 114 valence electrons. The van der Waals surface area contributed by atoms with Crippen molar-refractivity contribution >= 4 is 40.0 Å². The van der Waals surface area contributed by atoms with Crippen LogP contribution in [0.25, 0.3) is 6.08 Å². The van der Waals surface area contributed by atoms with Crippen molar-refractivity contribution in [2.45, 2.75) is 51.0 Å². The first-order valence-corrected chi connectivity index (χ1v) is 7.34. The summed E-state index contributed by atoms with van der Waals surface area (Å²) in [5, 5.41) is 0. The highest BCUT2D eigenvalue weighted by atomic mass is 79.9. The maximum atomic E-state index is 4.07. The predicted octanol–water partition coefficient (Wildman–Crippen LogP) is 4.38. The minimum absolute atomic E-state index is 0. The van der Waals surface area contributed by atoms with Crippen LogP contribution >= 0.6 is 34.0 Å². The lowest BCUT2D eigenvalue weighted by Crippen LogP contribution is -2.40. The molecule has 5 heteroatoms. The summed E-state index contributed by atoms with van der Waals surface area (Å²) < 4.78 is 0. The van der Waals surface area contributed by atoms with E-state index in [1.165, 1.54) is 58.0 Å². The first-order chi connectivity index (χ1) is 8.92. The van der Waals surface area contributed by atoms with Crippen LogP contribution in [0.4, 0.5) is 0 Å². The Bertz CT molecular complexity index is 387. The van der Waals surface area contributed by atoms with Gasteiger partial charge in [0.25, 0.3) is 0 Å². The zero-order valence-electron chi connectivity index (χ0n) is 11.9. The normalized spacial score (nSPS) is 20.9. The number of hydrogen-bond acceptors (Lipinski definition) is 2. The number of likely N-dealkylation sites (tertiary alicyclic amines) is 1. The molecule has 1 N–H and O–H groups in total. The van der Waals surface area contributed by atoms with E-state index in [2.05, 4.69) is 20.9 Å². The summed E-state index contributed by atoms with van der Waals surface area (Å²) in [6, 6.07) is 0.882. The zero-order valence-corrected chi connectivity index (χ0v) is 15.3. The summed E-state index contributed by atoms with van der Waals surface area (Å²) in [7, 11) is 0. The molecule has 20 heavy (non-hydrogen) atoms. The van der Waals surface area contributed by atoms with Gasteiger partial charge in [-0.15, -0.1) is 34.0 Å². The molecule has 0 spiro atoms. The molecular formula is C15H25Br2N3. The highest BCUT2D eigenvalue weighted by Crippen LogP contribution is 2.27. The second kappa shape index (κ2) is 9.00. The van der Waals surface area contributed by atoms with Gasteiger partial charge in [0.1, 0.15) is 0 Å². The van der Waals surface area contributed by atoms with Gasteiger partial charge in [0, 0.05) is 19.1 Å². The van der Waals surface area contributed by atoms with E-state index in [4.69, 9.17) is 0 Å². The number of H-pyrrole nitrogens is 1. The number of aromatic amines is 1. The number of halogens is 2. The van der Waals surface area contributed by atoms with Gasteiger partial charge in [0.2, 0.25) is 0 Å². The van der Waals surface area contributed by atoms with Gasteiger partial charge in [-0.25, -0.2) is 4.98 Å². The summed E-state index contributed by atoms with van der Waals surface area (Å²) in [4.78, 5) is 9.95. The van der Waals surface area contributed by atoms with E-state index in [1.807, 2.05) is 6.20 Å². The van der Waals surface area contributed by atoms with Crippen LogP contribution < -0.4 is 0 Å². The molecule has 1 saturated carbocycles. The second-order valence-corrected chi connectivity index (χ2v) is 5.64. The van der Waals surface area contributed by atoms with Crippen LogP contribution in [0.5, 0.6) is 0 Å². The Morgan fingerprint density at radius 2 is 1.80 bits per heavy atom. The predicted molar refractivity (Wildman–Crippen MR) is 94.9 cm³/mol. The van der Waals surface area contributed by atoms with Crippen molar-refractivity contribution in [3.8, 4) is 0 Å². The molecule has 1 aliphatic heterocycles. The van der Waals surface area contributed by atoms with Crippen LogP contribution in [0.3, 0.4) is 0 Å². The molecule has 1 aromatic rings. The topological polar surface area (TPSA) is 31.9 Å². The molecule has 0 bridgehead atoms. The average Bonchev–Trinajstić information content (AvgIpc) is 2.94. The van der Waals surface area contributed by atoms with Crippen molar-refractivity contribution in [1.82, 2.24) is 14.9 Å². The lowest BCUT2D eigenvalue weighted by molar-refractivity contribution is 0.146. The van der Waals surface area contributed by atoms with Gasteiger partial charge in [0.15, 0.2) is 0 Å². The van der Waals surface area contributed by atoms with Crippen LogP contribution in [0.2, 0.25) is 0 Å². The fourth-order valence-corrected chi connectivity index (χ4v) is 3.33. The summed E-state index contributed by atoms with van der Waals surface area (Å²) in [6.07, 6.45) is 15.6. The summed E-state index contributed by atoms with van der Waals surface area (Å²) in [6.45, 7) is 2.51. The zero-order chi connectivity index (χ0) is 12.2. The SMILES string of the molecule is Br.Br.C(=C1CCN(C2CCCCC2)CC1)c1cnc[nH]1. The minimum atomic E-state index is 0. The van der Waals surface area contributed by atoms with Crippen LogP contribution in [0.15, 0.2) is 18.1 Å². The quantitative estimate of drug-likeness (QED) is 0.790. The molecule has 2 heterocycles. The third-order valence-electron chi connectivity index (χ3n) is 4.41. The number of imidazole rings is 1. The van der Waals surface area contributed by atoms with Gasteiger partial charge >= 0.3 is 0 Å². The number of rotatable bonds is 2. The van der Waals surface area contributed by atoms with E-state index in [9.17, 15) is 0 Å². The highest BCUT2D eigenvalue weighted by Gasteiger charge is 2.23. The molecule has 2 fully saturated rings. The molecule has 0 amide bonds. The Balaban J connectivity index is 0.000001000. The van der Waals surface area contributed by atoms with E-state index in [-0.39, 0.29) is 34.0 Å².